The number of aliphatic hydroxyl groups excluding tert-OH is 1. The molecular formula is C27H33Fe2NO9P2. The summed E-state index contributed by atoms with van der Waals surface area (Å²) < 4.78 is 51.5. The van der Waals surface area contributed by atoms with Gasteiger partial charge in [0.05, 0.1) is 0 Å². The van der Waals surface area contributed by atoms with E-state index in [1.807, 2.05) is 27.0 Å². The average Bonchev–Trinajstić information content (AvgIpc) is 3.01. The van der Waals surface area contributed by atoms with Gasteiger partial charge in [-0.1, -0.05) is 75.5 Å². The first-order valence-corrected chi connectivity index (χ1v) is 12.2. The smallest absolute Gasteiger partial charge is 0 e. The van der Waals surface area contributed by atoms with Gasteiger partial charge in [-0.25, -0.2) is 0 Å². The maximum absolute atomic E-state index is 8.18. The molecule has 2 rings (SSSR count). The summed E-state index contributed by atoms with van der Waals surface area (Å²) in [4.78, 5) is 3.08. The van der Waals surface area contributed by atoms with Gasteiger partial charge in [0.1, 0.15) is 6.04 Å². The first kappa shape index (κ1) is 58.7. The van der Waals surface area contributed by atoms with E-state index in [0.717, 1.165) is 14.3 Å². The largest absolute Gasteiger partial charge is 0.0622 e. The van der Waals surface area contributed by atoms with Crippen molar-refractivity contribution in [1.29, 1.82) is 0 Å². The molecular weight excluding hydrogens is 656 g/mol. The average molecular weight is 689 g/mol. The van der Waals surface area contributed by atoms with Crippen LogP contribution >= 0.6 is 17.2 Å². The molecule has 41 heavy (non-hydrogen) atoms. The number of allylic oxidation sites excluding steroid dienone is 1. The van der Waals surface area contributed by atoms with Gasteiger partial charge in [-0.05, 0) is 31.4 Å². The molecule has 0 saturated heterocycles. The van der Waals surface area contributed by atoms with Crippen LogP contribution in [0.1, 0.15) is 20.8 Å². The summed E-state index contributed by atoms with van der Waals surface area (Å²) in [5, 5.41) is 11.0. The first-order valence-electron chi connectivity index (χ1n) is 10.1. The second-order valence-corrected chi connectivity index (χ2v) is 8.83. The van der Waals surface area contributed by atoms with Crippen molar-refractivity contribution in [1.82, 2.24) is 0 Å². The molecule has 0 heterocycles. The molecule has 0 saturated carbocycles. The van der Waals surface area contributed by atoms with E-state index >= 15 is 0 Å². The number of hydrogen-bond acceptors (Lipinski definition) is 4. The van der Waals surface area contributed by atoms with E-state index in [1.165, 1.54) is 16.7 Å². The zero-order valence-corrected chi connectivity index (χ0v) is 27.4. The summed E-state index contributed by atoms with van der Waals surface area (Å²) in [7, 11) is 4.34. The Morgan fingerprint density at radius 3 is 1.24 bits per heavy atom. The van der Waals surface area contributed by atoms with Crippen molar-refractivity contribution in [2.75, 3.05) is 21.3 Å². The zero-order valence-electron chi connectivity index (χ0n) is 23.3. The van der Waals surface area contributed by atoms with Crippen LogP contribution in [0.25, 0.3) is 0 Å². The third-order valence-electron chi connectivity index (χ3n) is 3.08. The third-order valence-corrected chi connectivity index (χ3v) is 5.22. The number of rotatable bonds is 7. The van der Waals surface area contributed by atoms with Crippen LogP contribution in [0.2, 0.25) is 0 Å². The van der Waals surface area contributed by atoms with E-state index in [4.69, 9.17) is 28.4 Å². The fourth-order valence-electron chi connectivity index (χ4n) is 2.03. The normalized spacial score (nSPS) is 8.10. The van der Waals surface area contributed by atoms with E-state index in [9.17, 15) is 0 Å². The minimum Gasteiger partial charge on any atom is -0.0622 e. The molecule has 0 radical (unpaired) electrons. The van der Waals surface area contributed by atoms with Crippen molar-refractivity contribution in [2.24, 2.45) is 0 Å². The van der Waals surface area contributed by atoms with Crippen LogP contribution in [-0.2, 0) is 71.0 Å². The maximum atomic E-state index is 8.18. The minimum absolute atomic E-state index is 0. The van der Waals surface area contributed by atoms with Crippen LogP contribution < -0.4 is 15.6 Å². The molecule has 10 nitrogen and oxygen atoms in total. The van der Waals surface area contributed by atoms with E-state index in [-0.39, 0.29) is 34.1 Å². The Morgan fingerprint density at radius 2 is 1.05 bits per heavy atom. The molecule has 226 valence electrons. The van der Waals surface area contributed by atoms with Gasteiger partial charge in [-0.15, -0.1) is 6.08 Å². The summed E-state index contributed by atoms with van der Waals surface area (Å²) in [6, 6.07) is 21.6. The van der Waals surface area contributed by atoms with E-state index in [2.05, 4.69) is 112 Å². The van der Waals surface area contributed by atoms with E-state index in [1.54, 1.807) is 21.3 Å². The SMILES string of the molecule is CC(C=[C-]O)=[NH+]C(C)C.COP(OC)OC.[C-]#[O+].[C-]#[O+].[C-]#[O+].[C-]#[O+].[C-]#[O+].[Fe].[Fe].c1ccc(Pc2ccccc2)cc1. The molecule has 0 bridgehead atoms. The molecule has 14 heteroatoms. The predicted molar refractivity (Wildman–Crippen MR) is 145 cm³/mol. The Morgan fingerprint density at radius 1 is 0.756 bits per heavy atom. The van der Waals surface area contributed by atoms with Crippen molar-refractivity contribution >= 4 is 33.5 Å². The summed E-state index contributed by atoms with van der Waals surface area (Å²) in [6.07, 6.45) is 3.45. The molecule has 2 aromatic rings. The van der Waals surface area contributed by atoms with Gasteiger partial charge >= 0.3 is 65.1 Å². The van der Waals surface area contributed by atoms with Gasteiger partial charge in [0, 0.05) is 61.2 Å². The Bertz CT molecular complexity index is 826. The molecule has 0 aliphatic carbocycles. The van der Waals surface area contributed by atoms with Crippen LogP contribution in [0.4, 0.5) is 0 Å². The van der Waals surface area contributed by atoms with Crippen LogP contribution in [-0.4, -0.2) is 38.2 Å². The second kappa shape index (κ2) is 57.9. The molecule has 0 amide bonds. The van der Waals surface area contributed by atoms with Gasteiger partial charge < -0.3 is 23.7 Å². The van der Waals surface area contributed by atoms with Crippen molar-refractivity contribution in [3.05, 3.63) is 106 Å². The molecule has 0 aromatic heterocycles. The Labute approximate surface area is 268 Å². The summed E-state index contributed by atoms with van der Waals surface area (Å²) in [6.45, 7) is 28.5. The predicted octanol–water partition coefficient (Wildman–Crippen LogP) is 3.09. The fraction of sp³-hybridized carbons (Fsp3) is 0.259. The standard InChI is InChI=1S/C12H11P.C7H12NO.C3H9O3P.5CO.2Fe/c1-3-7-11(8-4-1)13-12-9-5-2-6-10-12;1-6(2)8-7(3)4-5-9;1-4-7(5-2)6-3;5*1-2;;/h1-10,13H;4,6,9H,1-3H3;1-3H3;;;;;;;/q;-1;;;;;;;;/p+1. The van der Waals surface area contributed by atoms with Crippen LogP contribution in [0.3, 0.4) is 0 Å². The van der Waals surface area contributed by atoms with Crippen molar-refractivity contribution in [3.63, 3.8) is 0 Å². The molecule has 0 fully saturated rings. The molecule has 0 atom stereocenters. The molecule has 0 unspecified atom stereocenters. The fourth-order valence-corrected chi connectivity index (χ4v) is 3.53. The molecule has 0 aliphatic rings. The van der Waals surface area contributed by atoms with E-state index in [0.29, 0.717) is 6.04 Å². The van der Waals surface area contributed by atoms with Crippen LogP contribution in [0, 0.1) is 39.5 Å². The first-order chi connectivity index (χ1) is 19.0. The number of nitrogens with one attached hydrogen (secondary N) is 1. The topological polar surface area (TPSA) is 161 Å². The Hall–Kier alpha value is -1.87. The van der Waals surface area contributed by atoms with Gasteiger partial charge in [0.25, 0.3) is 0 Å². The number of hydrogen-bond donors (Lipinski definition) is 2. The molecule has 0 aliphatic heterocycles. The molecule has 2 N–H and O–H groups in total. The number of benzene rings is 2. The minimum atomic E-state index is -1.05. The van der Waals surface area contributed by atoms with E-state index < -0.39 is 8.60 Å². The quantitative estimate of drug-likeness (QED) is 0.114. The summed E-state index contributed by atoms with van der Waals surface area (Å²) in [5.41, 5.74) is 0.924. The summed E-state index contributed by atoms with van der Waals surface area (Å²) >= 11 is 0. The van der Waals surface area contributed by atoms with Crippen molar-refractivity contribution < 1.29 is 81.1 Å². The van der Waals surface area contributed by atoms with Crippen LogP contribution in [0.15, 0.2) is 66.7 Å². The third kappa shape index (κ3) is 51.4. The van der Waals surface area contributed by atoms with Crippen LogP contribution in [0.5, 0.6) is 0 Å². The summed E-state index contributed by atoms with van der Waals surface area (Å²) in [5.74, 6) is 0. The van der Waals surface area contributed by atoms with Gasteiger partial charge in [0.2, 0.25) is 0 Å². The second-order valence-electron chi connectivity index (χ2n) is 5.88. The number of aliphatic hydroxyl groups is 1. The van der Waals surface area contributed by atoms with Gasteiger partial charge in [-0.2, -0.15) is 0 Å². The zero-order chi connectivity index (χ0) is 31.9. The maximum Gasteiger partial charge on any atom is 0 e. The van der Waals surface area contributed by atoms with Crippen molar-refractivity contribution in [3.8, 4) is 0 Å². The molecule has 2 aromatic carbocycles. The van der Waals surface area contributed by atoms with Gasteiger partial charge in [0.15, 0.2) is 0 Å². The Kier molecular flexibility index (Phi) is 82.9. The monoisotopic (exact) mass is 689 g/mol. The van der Waals surface area contributed by atoms with Gasteiger partial charge in [-0.3, -0.25) is 0 Å². The molecule has 0 spiro atoms. The van der Waals surface area contributed by atoms with Crippen molar-refractivity contribution in [2.45, 2.75) is 26.8 Å². The Balaban J connectivity index is -0.0000000580.